The van der Waals surface area contributed by atoms with E-state index in [0.29, 0.717) is 32.0 Å². The number of carbonyl (C=O) groups excluding carboxylic acids is 2. The van der Waals surface area contributed by atoms with Crippen molar-refractivity contribution < 1.29 is 19.4 Å². The molecule has 2 amide bonds. The molecule has 0 aromatic carbocycles. The zero-order valence-electron chi connectivity index (χ0n) is 16.4. The molecule has 4 heterocycles. The van der Waals surface area contributed by atoms with Gasteiger partial charge in [-0.25, -0.2) is 24.3 Å². The molecule has 0 radical (unpaired) electrons. The second kappa shape index (κ2) is 7.82. The number of aryl methyl sites for hydroxylation is 1. The van der Waals surface area contributed by atoms with Crippen LogP contribution in [0.3, 0.4) is 0 Å². The van der Waals surface area contributed by atoms with Crippen LogP contribution in [0.2, 0.25) is 0 Å². The van der Waals surface area contributed by atoms with Crippen molar-refractivity contribution in [2.24, 2.45) is 0 Å². The van der Waals surface area contributed by atoms with Gasteiger partial charge in [0.05, 0.1) is 0 Å². The molecule has 1 aliphatic heterocycles. The van der Waals surface area contributed by atoms with Gasteiger partial charge in [-0.1, -0.05) is 12.6 Å². The Morgan fingerprint density at radius 1 is 1.07 bits per heavy atom. The fraction of sp³-hybridized carbons (Fsp3) is 0.250. The van der Waals surface area contributed by atoms with Crippen molar-refractivity contribution in [2.75, 3.05) is 26.2 Å². The number of aromatic nitrogens is 4. The predicted molar refractivity (Wildman–Crippen MR) is 107 cm³/mol. The Kier molecular flexibility index (Phi) is 5.05. The van der Waals surface area contributed by atoms with Gasteiger partial charge in [0.1, 0.15) is 5.82 Å². The van der Waals surface area contributed by atoms with Crippen LogP contribution in [0.4, 0.5) is 4.79 Å². The molecule has 1 aliphatic rings. The van der Waals surface area contributed by atoms with E-state index in [9.17, 15) is 14.7 Å². The predicted octanol–water partition coefficient (Wildman–Crippen LogP) is 1.66. The van der Waals surface area contributed by atoms with Crippen LogP contribution >= 0.6 is 0 Å². The molecular formula is C20H20N6O4. The van der Waals surface area contributed by atoms with Crippen molar-refractivity contribution in [1.82, 2.24) is 29.3 Å². The second-order valence-corrected chi connectivity index (χ2v) is 6.80. The summed E-state index contributed by atoms with van der Waals surface area (Å²) in [6, 6.07) is 3.53. The quantitative estimate of drug-likeness (QED) is 0.656. The molecule has 1 N–H and O–H groups in total. The van der Waals surface area contributed by atoms with Crippen LogP contribution in [0.25, 0.3) is 16.9 Å². The van der Waals surface area contributed by atoms with Crippen LogP contribution in [0.15, 0.2) is 43.4 Å². The molecule has 30 heavy (non-hydrogen) atoms. The summed E-state index contributed by atoms with van der Waals surface area (Å²) in [5.74, 6) is -0.00386. The van der Waals surface area contributed by atoms with Crippen molar-refractivity contribution in [1.29, 1.82) is 0 Å². The van der Waals surface area contributed by atoms with E-state index < -0.39 is 6.09 Å². The first-order valence-electron chi connectivity index (χ1n) is 9.35. The SMILES string of the molecule is C=CC(=O)N1CCN(C(=O)Oc2c3nccnc3c(O)n2-c2ccc(C)cn2)CC1. The summed E-state index contributed by atoms with van der Waals surface area (Å²) in [7, 11) is 0. The van der Waals surface area contributed by atoms with E-state index in [4.69, 9.17) is 4.74 Å². The van der Waals surface area contributed by atoms with Crippen LogP contribution in [-0.4, -0.2) is 72.6 Å². The lowest BCUT2D eigenvalue weighted by atomic mass is 10.3. The summed E-state index contributed by atoms with van der Waals surface area (Å²) in [5, 5.41) is 10.7. The van der Waals surface area contributed by atoms with Crippen molar-refractivity contribution in [3.05, 3.63) is 48.9 Å². The normalized spacial score (nSPS) is 14.0. The smallest absolute Gasteiger partial charge is 0.416 e. The number of ether oxygens (including phenoxy) is 1. The van der Waals surface area contributed by atoms with Crippen LogP contribution in [-0.2, 0) is 4.79 Å². The third-order valence-electron chi connectivity index (χ3n) is 4.86. The molecule has 10 nitrogen and oxygen atoms in total. The highest BCUT2D eigenvalue weighted by molar-refractivity contribution is 5.89. The molecule has 1 fully saturated rings. The number of amides is 2. The van der Waals surface area contributed by atoms with E-state index >= 15 is 0 Å². The Bertz CT molecular complexity index is 1120. The number of fused-ring (bicyclic) bond motifs is 1. The summed E-state index contributed by atoms with van der Waals surface area (Å²) >= 11 is 0. The Labute approximate surface area is 172 Å². The molecule has 0 aliphatic carbocycles. The first kappa shape index (κ1) is 19.4. The van der Waals surface area contributed by atoms with Crippen LogP contribution in [0, 0.1) is 6.92 Å². The van der Waals surface area contributed by atoms with Gasteiger partial charge in [-0.15, -0.1) is 0 Å². The average molecular weight is 408 g/mol. The third-order valence-corrected chi connectivity index (χ3v) is 4.86. The first-order valence-corrected chi connectivity index (χ1v) is 9.35. The van der Waals surface area contributed by atoms with Gasteiger partial charge < -0.3 is 19.6 Å². The van der Waals surface area contributed by atoms with Gasteiger partial charge >= 0.3 is 6.09 Å². The van der Waals surface area contributed by atoms with Crippen molar-refractivity contribution >= 4 is 23.0 Å². The maximum atomic E-state index is 12.8. The number of rotatable bonds is 3. The highest BCUT2D eigenvalue weighted by Gasteiger charge is 2.28. The van der Waals surface area contributed by atoms with Crippen molar-refractivity contribution in [2.45, 2.75) is 6.92 Å². The Balaban J connectivity index is 1.65. The highest BCUT2D eigenvalue weighted by Crippen LogP contribution is 2.36. The molecule has 1 saturated heterocycles. The van der Waals surface area contributed by atoms with Crippen LogP contribution < -0.4 is 4.74 Å². The molecular weight excluding hydrogens is 388 g/mol. The fourth-order valence-electron chi connectivity index (χ4n) is 3.25. The van der Waals surface area contributed by atoms with Crippen LogP contribution in [0.5, 0.6) is 11.8 Å². The second-order valence-electron chi connectivity index (χ2n) is 6.80. The topological polar surface area (TPSA) is 114 Å². The summed E-state index contributed by atoms with van der Waals surface area (Å²) in [4.78, 5) is 40.3. The maximum absolute atomic E-state index is 12.8. The maximum Gasteiger partial charge on any atom is 0.416 e. The highest BCUT2D eigenvalue weighted by atomic mass is 16.6. The number of hydrogen-bond donors (Lipinski definition) is 1. The summed E-state index contributed by atoms with van der Waals surface area (Å²) in [6.45, 7) is 6.77. The zero-order chi connectivity index (χ0) is 21.3. The van der Waals surface area contributed by atoms with Gasteiger partial charge in [-0.2, -0.15) is 0 Å². The lowest BCUT2D eigenvalue weighted by Gasteiger charge is -2.33. The summed E-state index contributed by atoms with van der Waals surface area (Å²) < 4.78 is 6.95. The standard InChI is InChI=1S/C20H20N6O4/c1-3-15(27)24-8-10-25(11-9-24)20(29)30-19-17-16(21-6-7-22-17)18(28)26(19)14-5-4-13(2)12-23-14/h3-7,12,28H,1,8-11H2,2H3. The molecule has 4 rings (SSSR count). The summed E-state index contributed by atoms with van der Waals surface area (Å²) in [6.07, 6.45) is 5.17. The lowest BCUT2D eigenvalue weighted by molar-refractivity contribution is -0.127. The van der Waals surface area contributed by atoms with Crippen molar-refractivity contribution in [3.63, 3.8) is 0 Å². The van der Waals surface area contributed by atoms with Gasteiger partial charge in [0.25, 0.3) is 0 Å². The van der Waals surface area contributed by atoms with E-state index in [0.717, 1.165) is 5.56 Å². The van der Waals surface area contributed by atoms with E-state index in [-0.39, 0.29) is 28.7 Å². The average Bonchev–Trinajstić information content (AvgIpc) is 3.05. The molecule has 0 unspecified atom stereocenters. The molecule has 3 aromatic heterocycles. The number of carbonyl (C=O) groups is 2. The Morgan fingerprint density at radius 2 is 1.73 bits per heavy atom. The lowest BCUT2D eigenvalue weighted by Crippen LogP contribution is -2.51. The first-order chi connectivity index (χ1) is 14.5. The molecule has 0 atom stereocenters. The van der Waals surface area contributed by atoms with Gasteiger partial charge in [-0.3, -0.25) is 4.79 Å². The zero-order valence-corrected chi connectivity index (χ0v) is 16.4. The summed E-state index contributed by atoms with van der Waals surface area (Å²) in [5.41, 5.74) is 1.38. The minimum Gasteiger partial charge on any atom is -0.493 e. The van der Waals surface area contributed by atoms with Gasteiger partial charge in [0.15, 0.2) is 11.0 Å². The molecule has 10 heteroatoms. The van der Waals surface area contributed by atoms with E-state index in [2.05, 4.69) is 21.5 Å². The number of nitrogens with zero attached hydrogens (tertiary/aromatic N) is 6. The fourth-order valence-corrected chi connectivity index (χ4v) is 3.25. The van der Waals surface area contributed by atoms with E-state index in [1.54, 1.807) is 17.2 Å². The van der Waals surface area contributed by atoms with Crippen molar-refractivity contribution in [3.8, 4) is 17.6 Å². The Hall–Kier alpha value is -3.95. The Morgan fingerprint density at radius 3 is 2.37 bits per heavy atom. The molecule has 0 spiro atoms. The number of pyridine rings is 1. The number of hydrogen-bond acceptors (Lipinski definition) is 7. The number of piperazine rings is 1. The van der Waals surface area contributed by atoms with E-state index in [1.165, 1.54) is 27.9 Å². The molecule has 0 bridgehead atoms. The largest absolute Gasteiger partial charge is 0.493 e. The number of aromatic hydroxyl groups is 1. The monoisotopic (exact) mass is 408 g/mol. The third kappa shape index (κ3) is 3.43. The molecule has 0 saturated carbocycles. The van der Waals surface area contributed by atoms with Gasteiger partial charge in [0.2, 0.25) is 17.7 Å². The van der Waals surface area contributed by atoms with Crippen LogP contribution in [0.1, 0.15) is 5.56 Å². The minimum absolute atomic E-state index is 0.0292. The van der Waals surface area contributed by atoms with Gasteiger partial charge in [0, 0.05) is 44.8 Å². The minimum atomic E-state index is -0.612. The van der Waals surface area contributed by atoms with Gasteiger partial charge in [-0.05, 0) is 24.6 Å². The molecule has 3 aromatic rings. The van der Waals surface area contributed by atoms with E-state index in [1.807, 2.05) is 13.0 Å². The molecule has 154 valence electrons.